The van der Waals surface area contributed by atoms with Gasteiger partial charge in [0.05, 0.1) is 7.11 Å². The zero-order valence-electron chi connectivity index (χ0n) is 19.7. The van der Waals surface area contributed by atoms with Crippen molar-refractivity contribution in [2.24, 2.45) is 5.92 Å². The molecule has 2 N–H and O–H groups in total. The van der Waals surface area contributed by atoms with E-state index in [1.54, 1.807) is 24.3 Å². The molecule has 0 saturated carbocycles. The molecule has 1 amide bonds. The van der Waals surface area contributed by atoms with Crippen molar-refractivity contribution in [3.8, 4) is 5.75 Å². The van der Waals surface area contributed by atoms with E-state index in [1.165, 1.54) is 24.3 Å². The van der Waals surface area contributed by atoms with E-state index < -0.39 is 23.4 Å². The second-order valence-corrected chi connectivity index (χ2v) is 9.41. The average molecular weight is 476 g/mol. The van der Waals surface area contributed by atoms with E-state index in [4.69, 9.17) is 4.42 Å². The Kier molecular flexibility index (Phi) is 10.4. The molecule has 2 heterocycles. The quantitative estimate of drug-likeness (QED) is 0.389. The number of ketones is 1. The van der Waals surface area contributed by atoms with Crippen LogP contribution in [0.5, 0.6) is 5.75 Å². The highest BCUT2D eigenvalue weighted by Gasteiger charge is 2.25. The normalized spacial score (nSPS) is 13.1. The fraction of sp³-hybridized carbons (Fsp3) is 0.480. The van der Waals surface area contributed by atoms with Crippen LogP contribution in [0.4, 0.5) is 4.79 Å². The molecular weight excluding hydrogens is 442 g/mol. The number of Topliss-reactive ketones (excluding diaryl/α,β-unsaturated/α-hetero) is 1. The third-order valence-electron chi connectivity index (χ3n) is 5.40. The lowest BCUT2D eigenvalue weighted by molar-refractivity contribution is 0.0922. The maximum absolute atomic E-state index is 12.9. The number of nitrogens with one attached hydrogen (secondary N) is 1. The molecule has 0 radical (unpaired) electrons. The third-order valence-corrected chi connectivity index (χ3v) is 6.57. The Hall–Kier alpha value is -2.87. The molecule has 0 spiro atoms. The number of hydrogen-bond acceptors (Lipinski definition) is 7. The van der Waals surface area contributed by atoms with E-state index in [9.17, 15) is 19.5 Å². The molecule has 0 aromatic carbocycles. The minimum Gasteiger partial charge on any atom is -0.507 e. The van der Waals surface area contributed by atoms with E-state index >= 15 is 0 Å². The number of alkyl carbamates (subject to hydrolysis) is 1. The summed E-state index contributed by atoms with van der Waals surface area (Å²) in [6, 6.07) is 5.48. The molecule has 2 rings (SSSR count). The summed E-state index contributed by atoms with van der Waals surface area (Å²) in [7, 11) is 1.28. The van der Waals surface area contributed by atoms with Gasteiger partial charge in [0.15, 0.2) is 5.78 Å². The van der Waals surface area contributed by atoms with E-state index in [2.05, 4.69) is 23.0 Å². The molecule has 0 fully saturated rings. The summed E-state index contributed by atoms with van der Waals surface area (Å²) in [5.41, 5.74) is -1.10. The largest absolute Gasteiger partial charge is 0.507 e. The number of amides is 1. The number of carbonyl (C=O) groups is 2. The molecule has 2 aromatic rings. The number of thiophene rings is 1. The smallest absolute Gasteiger partial charge is 0.410 e. The zero-order valence-corrected chi connectivity index (χ0v) is 20.5. The number of aryl methyl sites for hydroxylation is 1. The monoisotopic (exact) mass is 475 g/mol. The zero-order chi connectivity index (χ0) is 24.4. The van der Waals surface area contributed by atoms with Gasteiger partial charge >= 0.3 is 11.7 Å². The van der Waals surface area contributed by atoms with Gasteiger partial charge < -0.3 is 14.3 Å². The second kappa shape index (κ2) is 13.0. The van der Waals surface area contributed by atoms with Crippen LogP contribution in [0, 0.1) is 5.92 Å². The summed E-state index contributed by atoms with van der Waals surface area (Å²) in [4.78, 5) is 38.8. The van der Waals surface area contributed by atoms with Crippen LogP contribution in [-0.4, -0.2) is 24.1 Å². The number of unbranched alkanes of at least 4 members (excludes halogenated alkanes) is 1. The highest BCUT2D eigenvalue weighted by atomic mass is 32.1. The van der Waals surface area contributed by atoms with Gasteiger partial charge in [-0.25, -0.2) is 9.59 Å². The third kappa shape index (κ3) is 7.89. The molecule has 0 aliphatic carbocycles. The van der Waals surface area contributed by atoms with Gasteiger partial charge in [-0.2, -0.15) is 0 Å². The van der Waals surface area contributed by atoms with E-state index in [0.717, 1.165) is 24.1 Å². The van der Waals surface area contributed by atoms with Gasteiger partial charge in [0.1, 0.15) is 17.1 Å². The standard InChI is InChI=1S/C25H33NO6S/c1-5-6-10-18-11-12-19(33-18)14-17(3)23(28)22-20(27)15-21(32-24(22)29)16(2)9-7-8-13-26-25(30)31-4/h8,11-13,15-17,27H,5-7,9-10,14H2,1-4H3,(H,26,30)/b13-8+. The second-order valence-electron chi connectivity index (χ2n) is 8.15. The van der Waals surface area contributed by atoms with Crippen LogP contribution < -0.4 is 10.9 Å². The number of methoxy groups -OCH3 is 1. The molecule has 0 aliphatic heterocycles. The Balaban J connectivity index is 2.01. The maximum Gasteiger partial charge on any atom is 0.410 e. The average Bonchev–Trinajstić information content (AvgIpc) is 3.23. The number of hydrogen-bond donors (Lipinski definition) is 2. The summed E-state index contributed by atoms with van der Waals surface area (Å²) in [5, 5.41) is 12.9. The van der Waals surface area contributed by atoms with Gasteiger partial charge in [-0.1, -0.05) is 33.3 Å². The van der Waals surface area contributed by atoms with Crippen molar-refractivity contribution in [3.63, 3.8) is 0 Å². The number of ether oxygens (including phenoxy) is 1. The first-order chi connectivity index (χ1) is 15.8. The molecule has 8 heteroatoms. The number of allylic oxidation sites excluding steroid dienone is 1. The van der Waals surface area contributed by atoms with E-state index in [0.29, 0.717) is 25.0 Å². The Labute approximate surface area is 198 Å². The van der Waals surface area contributed by atoms with Crippen LogP contribution in [0.15, 0.2) is 39.7 Å². The molecular formula is C25H33NO6S. The summed E-state index contributed by atoms with van der Waals surface area (Å²) in [5.74, 6) is -1.06. The van der Waals surface area contributed by atoms with Crippen LogP contribution in [0.25, 0.3) is 0 Å². The lowest BCUT2D eigenvalue weighted by atomic mass is 9.95. The van der Waals surface area contributed by atoms with Gasteiger partial charge in [-0.3, -0.25) is 10.1 Å². The SMILES string of the molecule is CCCCc1ccc(CC(C)C(=O)c2c(O)cc(C(C)CC/C=C/NC(=O)OC)oc2=O)s1. The molecule has 2 aromatic heterocycles. The van der Waals surface area contributed by atoms with Crippen molar-refractivity contribution in [1.29, 1.82) is 0 Å². The van der Waals surface area contributed by atoms with Gasteiger partial charge in [-0.15, -0.1) is 11.3 Å². The Morgan fingerprint density at radius 3 is 2.67 bits per heavy atom. The van der Waals surface area contributed by atoms with Gasteiger partial charge in [-0.05, 0) is 44.2 Å². The van der Waals surface area contributed by atoms with Crippen molar-refractivity contribution >= 4 is 23.2 Å². The first-order valence-electron chi connectivity index (χ1n) is 11.2. The van der Waals surface area contributed by atoms with Crippen LogP contribution in [0.1, 0.15) is 78.2 Å². The lowest BCUT2D eigenvalue weighted by Gasteiger charge is -2.13. The topological polar surface area (TPSA) is 106 Å². The summed E-state index contributed by atoms with van der Waals surface area (Å²) >= 11 is 1.69. The first-order valence-corrected chi connectivity index (χ1v) is 12.1. The molecule has 0 saturated heterocycles. The van der Waals surface area contributed by atoms with Crippen LogP contribution >= 0.6 is 11.3 Å². The summed E-state index contributed by atoms with van der Waals surface area (Å²) in [6.07, 6.45) is 7.71. The highest BCUT2D eigenvalue weighted by Crippen LogP contribution is 2.28. The van der Waals surface area contributed by atoms with Crippen molar-refractivity contribution in [2.75, 3.05) is 7.11 Å². The summed E-state index contributed by atoms with van der Waals surface area (Å²) < 4.78 is 9.85. The van der Waals surface area contributed by atoms with Crippen molar-refractivity contribution in [3.05, 3.63) is 62.0 Å². The van der Waals surface area contributed by atoms with Crippen molar-refractivity contribution in [1.82, 2.24) is 5.32 Å². The lowest BCUT2D eigenvalue weighted by Crippen LogP contribution is -2.22. The Morgan fingerprint density at radius 1 is 1.27 bits per heavy atom. The summed E-state index contributed by atoms with van der Waals surface area (Å²) in [6.45, 7) is 5.77. The molecule has 180 valence electrons. The van der Waals surface area contributed by atoms with Crippen LogP contribution in [-0.2, 0) is 17.6 Å². The van der Waals surface area contributed by atoms with E-state index in [-0.39, 0.29) is 17.2 Å². The van der Waals surface area contributed by atoms with Crippen molar-refractivity contribution < 1.29 is 23.8 Å². The van der Waals surface area contributed by atoms with Gasteiger partial charge in [0, 0.05) is 33.9 Å². The molecule has 7 nitrogen and oxygen atoms in total. The highest BCUT2D eigenvalue weighted by molar-refractivity contribution is 7.12. The van der Waals surface area contributed by atoms with Crippen LogP contribution in [0.2, 0.25) is 0 Å². The predicted molar refractivity (Wildman–Crippen MR) is 129 cm³/mol. The molecule has 0 bridgehead atoms. The Bertz CT molecular complexity index is 1020. The first kappa shape index (κ1) is 26.4. The van der Waals surface area contributed by atoms with Crippen LogP contribution in [0.3, 0.4) is 0 Å². The fourth-order valence-electron chi connectivity index (χ4n) is 3.38. The number of carbonyl (C=O) groups excluding carboxylic acids is 2. The molecule has 2 unspecified atom stereocenters. The molecule has 0 aliphatic rings. The van der Waals surface area contributed by atoms with E-state index in [1.807, 2.05) is 13.0 Å². The number of rotatable bonds is 12. The fourth-order valence-corrected chi connectivity index (χ4v) is 4.57. The Morgan fingerprint density at radius 2 is 2.00 bits per heavy atom. The van der Waals surface area contributed by atoms with Gasteiger partial charge in [0.2, 0.25) is 0 Å². The number of aromatic hydroxyl groups is 1. The molecule has 33 heavy (non-hydrogen) atoms. The predicted octanol–water partition coefficient (Wildman–Crippen LogP) is 5.56. The maximum atomic E-state index is 12.9. The van der Waals surface area contributed by atoms with Crippen molar-refractivity contribution in [2.45, 2.75) is 65.2 Å². The minimum atomic E-state index is -0.814. The molecule has 2 atom stereocenters. The minimum absolute atomic E-state index is 0.166. The van der Waals surface area contributed by atoms with Gasteiger partial charge in [0.25, 0.3) is 0 Å².